The first-order valence-electron chi connectivity index (χ1n) is 8.17. The fraction of sp³-hybridized carbons (Fsp3) is 0.316. The number of rotatable bonds is 3. The van der Waals surface area contributed by atoms with Crippen molar-refractivity contribution in [1.82, 2.24) is 10.2 Å². The highest BCUT2D eigenvalue weighted by Crippen LogP contribution is 2.32. The summed E-state index contributed by atoms with van der Waals surface area (Å²) in [6.45, 7) is 1.37. The van der Waals surface area contributed by atoms with E-state index >= 15 is 0 Å². The van der Waals surface area contributed by atoms with Crippen molar-refractivity contribution in [3.63, 3.8) is 0 Å². The molecule has 3 N–H and O–H groups in total. The summed E-state index contributed by atoms with van der Waals surface area (Å²) < 4.78 is 0. The van der Waals surface area contributed by atoms with Gasteiger partial charge in [-0.15, -0.1) is 0 Å². The molecule has 24 heavy (non-hydrogen) atoms. The van der Waals surface area contributed by atoms with Crippen molar-refractivity contribution in [3.8, 4) is 0 Å². The van der Waals surface area contributed by atoms with Crippen LogP contribution in [0.2, 0.25) is 0 Å². The molecule has 0 aliphatic carbocycles. The molecule has 0 radical (unpaired) electrons. The molecule has 5 nitrogen and oxygen atoms in total. The SMILES string of the molecule is CN1CCC(O)(c2ccccc2)C(NC(=O)Nc2ccccc2)C1. The number of carbonyl (C=O) groups excluding carboxylic acids is 1. The van der Waals surface area contributed by atoms with Gasteiger partial charge >= 0.3 is 6.03 Å². The number of piperidine rings is 1. The molecule has 2 aromatic carbocycles. The number of hydrogen-bond acceptors (Lipinski definition) is 3. The van der Waals surface area contributed by atoms with E-state index in [1.807, 2.05) is 67.7 Å². The smallest absolute Gasteiger partial charge is 0.319 e. The van der Waals surface area contributed by atoms with E-state index in [2.05, 4.69) is 15.5 Å². The maximum Gasteiger partial charge on any atom is 0.319 e. The quantitative estimate of drug-likeness (QED) is 0.812. The Hall–Kier alpha value is -2.37. The predicted octanol–water partition coefficient (Wildman–Crippen LogP) is 2.40. The minimum Gasteiger partial charge on any atom is -0.383 e. The molecule has 126 valence electrons. The maximum absolute atomic E-state index is 12.4. The van der Waals surface area contributed by atoms with Gasteiger partial charge in [-0.05, 0) is 31.2 Å². The summed E-state index contributed by atoms with van der Waals surface area (Å²) in [5.74, 6) is 0. The molecule has 0 saturated carbocycles. The number of carbonyl (C=O) groups is 1. The molecule has 1 fully saturated rings. The van der Waals surface area contributed by atoms with Crippen LogP contribution in [0, 0.1) is 0 Å². The van der Waals surface area contributed by atoms with Crippen LogP contribution < -0.4 is 10.6 Å². The summed E-state index contributed by atoms with van der Waals surface area (Å²) in [4.78, 5) is 14.5. The van der Waals surface area contributed by atoms with Crippen LogP contribution in [0.3, 0.4) is 0 Å². The van der Waals surface area contributed by atoms with Gasteiger partial charge in [0.2, 0.25) is 0 Å². The number of hydrogen-bond donors (Lipinski definition) is 3. The van der Waals surface area contributed by atoms with Gasteiger partial charge in [0.25, 0.3) is 0 Å². The van der Waals surface area contributed by atoms with Gasteiger partial charge in [0, 0.05) is 18.8 Å². The second-order valence-corrected chi connectivity index (χ2v) is 6.32. The van der Waals surface area contributed by atoms with E-state index in [1.54, 1.807) is 0 Å². The molecule has 0 spiro atoms. The molecule has 5 heteroatoms. The van der Waals surface area contributed by atoms with Crippen LogP contribution in [0.5, 0.6) is 0 Å². The summed E-state index contributed by atoms with van der Waals surface area (Å²) in [5.41, 5.74) is 0.493. The Morgan fingerprint density at radius 2 is 1.75 bits per heavy atom. The molecule has 2 aromatic rings. The molecular weight excluding hydrogens is 302 g/mol. The lowest BCUT2D eigenvalue weighted by molar-refractivity contribution is -0.0467. The minimum atomic E-state index is -1.07. The predicted molar refractivity (Wildman–Crippen MR) is 94.8 cm³/mol. The number of anilines is 1. The van der Waals surface area contributed by atoms with Gasteiger partial charge in [0.15, 0.2) is 0 Å². The second kappa shape index (κ2) is 7.03. The summed E-state index contributed by atoms with van der Waals surface area (Å²) in [6, 6.07) is 18.2. The molecule has 2 atom stereocenters. The van der Waals surface area contributed by atoms with E-state index in [9.17, 15) is 9.90 Å². The van der Waals surface area contributed by atoms with Gasteiger partial charge in [0.1, 0.15) is 5.60 Å². The first kappa shape index (κ1) is 16.5. The van der Waals surface area contributed by atoms with Gasteiger partial charge in [-0.25, -0.2) is 4.79 Å². The van der Waals surface area contributed by atoms with Crippen LogP contribution in [-0.2, 0) is 5.60 Å². The molecule has 3 rings (SSSR count). The third-order valence-corrected chi connectivity index (χ3v) is 4.56. The molecular formula is C19H23N3O2. The summed E-state index contributed by atoms with van der Waals surface area (Å²) in [7, 11) is 1.99. The standard InChI is InChI=1S/C19H23N3O2/c1-22-13-12-19(24,15-8-4-2-5-9-15)17(14-22)21-18(23)20-16-10-6-3-7-11-16/h2-11,17,24H,12-14H2,1H3,(H2,20,21,23). The zero-order valence-corrected chi connectivity index (χ0v) is 13.8. The molecule has 2 amide bonds. The Kier molecular flexibility index (Phi) is 4.83. The second-order valence-electron chi connectivity index (χ2n) is 6.32. The number of benzene rings is 2. The van der Waals surface area contributed by atoms with Crippen LogP contribution in [0.25, 0.3) is 0 Å². The van der Waals surface area contributed by atoms with Crippen molar-refractivity contribution < 1.29 is 9.90 Å². The van der Waals surface area contributed by atoms with E-state index in [1.165, 1.54) is 0 Å². The van der Waals surface area contributed by atoms with E-state index in [0.717, 1.165) is 17.8 Å². The molecule has 1 aliphatic heterocycles. The van der Waals surface area contributed by atoms with Gasteiger partial charge < -0.3 is 20.6 Å². The number of nitrogens with one attached hydrogen (secondary N) is 2. The molecule has 0 bridgehead atoms. The monoisotopic (exact) mass is 325 g/mol. The number of likely N-dealkylation sites (tertiary alicyclic amines) is 1. The Balaban J connectivity index is 1.76. The fourth-order valence-corrected chi connectivity index (χ4v) is 3.17. The average molecular weight is 325 g/mol. The largest absolute Gasteiger partial charge is 0.383 e. The van der Waals surface area contributed by atoms with Crippen LogP contribution in [-0.4, -0.2) is 42.2 Å². The zero-order chi connectivity index (χ0) is 17.0. The fourth-order valence-electron chi connectivity index (χ4n) is 3.17. The molecule has 1 saturated heterocycles. The van der Waals surface area contributed by atoms with Crippen molar-refractivity contribution in [3.05, 3.63) is 66.2 Å². The lowest BCUT2D eigenvalue weighted by Gasteiger charge is -2.44. The van der Waals surface area contributed by atoms with Gasteiger partial charge in [-0.3, -0.25) is 0 Å². The van der Waals surface area contributed by atoms with E-state index in [4.69, 9.17) is 0 Å². The van der Waals surface area contributed by atoms with E-state index in [0.29, 0.717) is 13.0 Å². The Labute approximate surface area is 142 Å². The van der Waals surface area contributed by atoms with E-state index in [-0.39, 0.29) is 12.1 Å². The maximum atomic E-state index is 12.4. The third kappa shape index (κ3) is 3.58. The van der Waals surface area contributed by atoms with Crippen molar-refractivity contribution in [2.24, 2.45) is 0 Å². The molecule has 2 unspecified atom stereocenters. The number of para-hydroxylation sites is 1. The average Bonchev–Trinajstić information content (AvgIpc) is 2.60. The van der Waals surface area contributed by atoms with Crippen molar-refractivity contribution in [2.45, 2.75) is 18.1 Å². The van der Waals surface area contributed by atoms with Crippen LogP contribution in [0.1, 0.15) is 12.0 Å². The lowest BCUT2D eigenvalue weighted by atomic mass is 9.80. The third-order valence-electron chi connectivity index (χ3n) is 4.56. The van der Waals surface area contributed by atoms with Crippen molar-refractivity contribution in [1.29, 1.82) is 0 Å². The van der Waals surface area contributed by atoms with Gasteiger partial charge in [-0.1, -0.05) is 48.5 Å². The molecule has 1 heterocycles. The summed E-state index contributed by atoms with van der Waals surface area (Å²) >= 11 is 0. The minimum absolute atomic E-state index is 0.309. The van der Waals surface area contributed by atoms with Crippen molar-refractivity contribution >= 4 is 11.7 Å². The number of nitrogens with zero attached hydrogens (tertiary/aromatic N) is 1. The normalized spacial score (nSPS) is 24.3. The first-order valence-corrected chi connectivity index (χ1v) is 8.17. The summed E-state index contributed by atoms with van der Waals surface area (Å²) in [6.07, 6.45) is 0.573. The van der Waals surface area contributed by atoms with Crippen molar-refractivity contribution in [2.75, 3.05) is 25.5 Å². The first-order chi connectivity index (χ1) is 11.6. The highest BCUT2D eigenvalue weighted by atomic mass is 16.3. The highest BCUT2D eigenvalue weighted by Gasteiger charge is 2.42. The number of amides is 2. The van der Waals surface area contributed by atoms with E-state index < -0.39 is 5.60 Å². The van der Waals surface area contributed by atoms with Gasteiger partial charge in [-0.2, -0.15) is 0 Å². The Morgan fingerprint density at radius 1 is 1.12 bits per heavy atom. The summed E-state index contributed by atoms with van der Waals surface area (Å²) in [5, 5.41) is 17.0. The van der Waals surface area contributed by atoms with Crippen LogP contribution in [0.15, 0.2) is 60.7 Å². The topological polar surface area (TPSA) is 64.6 Å². The van der Waals surface area contributed by atoms with Crippen LogP contribution >= 0.6 is 0 Å². The number of likely N-dealkylation sites (N-methyl/N-ethyl adjacent to an activating group) is 1. The highest BCUT2D eigenvalue weighted by molar-refractivity contribution is 5.89. The van der Waals surface area contributed by atoms with Crippen LogP contribution in [0.4, 0.5) is 10.5 Å². The number of urea groups is 1. The molecule has 1 aliphatic rings. The Bertz CT molecular complexity index is 678. The van der Waals surface area contributed by atoms with Gasteiger partial charge in [0.05, 0.1) is 6.04 Å². The zero-order valence-electron chi connectivity index (χ0n) is 13.8. The lowest BCUT2D eigenvalue weighted by Crippen LogP contribution is -2.60. The molecule has 0 aromatic heterocycles. The number of aliphatic hydroxyl groups is 1. The Morgan fingerprint density at radius 3 is 2.42 bits per heavy atom.